The van der Waals surface area contributed by atoms with E-state index in [4.69, 9.17) is 10.5 Å². The summed E-state index contributed by atoms with van der Waals surface area (Å²) < 4.78 is 5.53. The molecule has 6 heteroatoms. The van der Waals surface area contributed by atoms with Crippen molar-refractivity contribution >= 4 is 5.91 Å². The van der Waals surface area contributed by atoms with Gasteiger partial charge in [-0.25, -0.2) is 9.97 Å². The second kappa shape index (κ2) is 8.58. The Morgan fingerprint density at radius 3 is 3.08 bits per heavy atom. The maximum atomic E-state index is 12.7. The van der Waals surface area contributed by atoms with Crippen molar-refractivity contribution in [1.82, 2.24) is 14.9 Å². The van der Waals surface area contributed by atoms with Crippen LogP contribution in [0, 0.1) is 0 Å². The van der Waals surface area contributed by atoms with E-state index in [9.17, 15) is 4.79 Å². The van der Waals surface area contributed by atoms with Crippen LogP contribution in [0.2, 0.25) is 0 Å². The Bertz CT molecular complexity index is 693. The van der Waals surface area contributed by atoms with Gasteiger partial charge in [-0.1, -0.05) is 12.1 Å². The molecule has 1 amide bonds. The molecule has 2 heterocycles. The highest BCUT2D eigenvalue weighted by Crippen LogP contribution is 2.25. The number of hydrogen-bond acceptors (Lipinski definition) is 5. The largest absolute Gasteiger partial charge is 0.492 e. The zero-order valence-corrected chi connectivity index (χ0v) is 14.3. The molecule has 1 aromatic carbocycles. The number of amides is 1. The van der Waals surface area contributed by atoms with Gasteiger partial charge in [0.1, 0.15) is 18.7 Å². The van der Waals surface area contributed by atoms with Crippen LogP contribution in [0.4, 0.5) is 0 Å². The maximum Gasteiger partial charge on any atom is 0.227 e. The fourth-order valence-electron chi connectivity index (χ4n) is 3.20. The number of rotatable bonds is 6. The third-order valence-corrected chi connectivity index (χ3v) is 4.44. The third-order valence-electron chi connectivity index (χ3n) is 4.44. The lowest BCUT2D eigenvalue weighted by molar-refractivity contribution is -0.131. The number of nitrogens with zero attached hydrogens (tertiary/aromatic N) is 3. The molecule has 1 aliphatic rings. The average Bonchev–Trinajstić information content (AvgIpc) is 2.67. The summed E-state index contributed by atoms with van der Waals surface area (Å²) in [6, 6.07) is 9.61. The molecular weight excluding hydrogens is 316 g/mol. The number of ether oxygens (including phenoxy) is 1. The summed E-state index contributed by atoms with van der Waals surface area (Å²) in [4.78, 5) is 23.0. The van der Waals surface area contributed by atoms with E-state index in [1.54, 1.807) is 12.5 Å². The van der Waals surface area contributed by atoms with Gasteiger partial charge in [-0.2, -0.15) is 0 Å². The van der Waals surface area contributed by atoms with Crippen LogP contribution in [0.15, 0.2) is 42.9 Å². The van der Waals surface area contributed by atoms with Crippen LogP contribution in [0.5, 0.6) is 5.75 Å². The Balaban J connectivity index is 1.61. The van der Waals surface area contributed by atoms with E-state index in [-0.39, 0.29) is 5.91 Å². The molecule has 1 atom stereocenters. The molecule has 0 saturated carbocycles. The van der Waals surface area contributed by atoms with E-state index < -0.39 is 0 Å². The van der Waals surface area contributed by atoms with Crippen molar-refractivity contribution in [2.75, 3.05) is 26.2 Å². The van der Waals surface area contributed by atoms with Crippen molar-refractivity contribution in [2.24, 2.45) is 5.73 Å². The van der Waals surface area contributed by atoms with Crippen LogP contribution in [0.1, 0.15) is 30.0 Å². The van der Waals surface area contributed by atoms with Gasteiger partial charge in [0.25, 0.3) is 0 Å². The molecule has 1 aliphatic heterocycles. The minimum absolute atomic E-state index is 0.148. The topological polar surface area (TPSA) is 81.3 Å². The van der Waals surface area contributed by atoms with Gasteiger partial charge in [-0.05, 0) is 36.6 Å². The molecule has 6 nitrogen and oxygen atoms in total. The van der Waals surface area contributed by atoms with Crippen LogP contribution in [0.3, 0.4) is 0 Å². The van der Waals surface area contributed by atoms with Gasteiger partial charge >= 0.3 is 0 Å². The highest BCUT2D eigenvalue weighted by molar-refractivity contribution is 5.79. The van der Waals surface area contributed by atoms with Crippen LogP contribution in [-0.4, -0.2) is 47.0 Å². The molecule has 2 aromatic rings. The monoisotopic (exact) mass is 340 g/mol. The first-order valence-electron chi connectivity index (χ1n) is 8.72. The van der Waals surface area contributed by atoms with Gasteiger partial charge in [0.2, 0.25) is 5.91 Å². The molecule has 2 N–H and O–H groups in total. The second-order valence-electron chi connectivity index (χ2n) is 6.27. The van der Waals surface area contributed by atoms with E-state index in [2.05, 4.69) is 9.97 Å². The summed E-state index contributed by atoms with van der Waals surface area (Å²) in [5.74, 6) is 1.20. The summed E-state index contributed by atoms with van der Waals surface area (Å²) in [6.45, 7) is 2.48. The van der Waals surface area contributed by atoms with Crippen molar-refractivity contribution in [2.45, 2.75) is 25.2 Å². The summed E-state index contributed by atoms with van der Waals surface area (Å²) >= 11 is 0. The zero-order valence-electron chi connectivity index (χ0n) is 14.3. The lowest BCUT2D eigenvalue weighted by Gasteiger charge is -2.32. The average molecular weight is 340 g/mol. The molecular formula is C19H24N4O2. The third kappa shape index (κ3) is 4.76. The molecule has 0 unspecified atom stereocenters. The van der Waals surface area contributed by atoms with Crippen molar-refractivity contribution in [3.05, 3.63) is 54.1 Å². The smallest absolute Gasteiger partial charge is 0.227 e. The van der Waals surface area contributed by atoms with E-state index in [0.29, 0.717) is 25.5 Å². The van der Waals surface area contributed by atoms with Crippen molar-refractivity contribution in [3.63, 3.8) is 0 Å². The Labute approximate surface area is 148 Å². The maximum absolute atomic E-state index is 12.7. The minimum atomic E-state index is 0.148. The number of piperidine rings is 1. The zero-order chi connectivity index (χ0) is 17.5. The molecule has 132 valence electrons. The van der Waals surface area contributed by atoms with Gasteiger partial charge in [0.15, 0.2) is 0 Å². The van der Waals surface area contributed by atoms with E-state index in [1.165, 1.54) is 0 Å². The highest BCUT2D eigenvalue weighted by atomic mass is 16.5. The van der Waals surface area contributed by atoms with Gasteiger partial charge < -0.3 is 15.4 Å². The Kier molecular flexibility index (Phi) is 5.95. The number of benzene rings is 1. The molecule has 0 spiro atoms. The fourth-order valence-corrected chi connectivity index (χ4v) is 3.20. The lowest BCUT2D eigenvalue weighted by Crippen LogP contribution is -2.40. The molecule has 1 saturated heterocycles. The van der Waals surface area contributed by atoms with Crippen LogP contribution in [-0.2, 0) is 11.2 Å². The Hall–Kier alpha value is -2.47. The fraction of sp³-hybridized carbons (Fsp3) is 0.421. The first kappa shape index (κ1) is 17.4. The first-order valence-corrected chi connectivity index (χ1v) is 8.72. The van der Waals surface area contributed by atoms with Crippen LogP contribution >= 0.6 is 0 Å². The van der Waals surface area contributed by atoms with Crippen molar-refractivity contribution in [1.29, 1.82) is 0 Å². The van der Waals surface area contributed by atoms with Gasteiger partial charge in [0.05, 0.1) is 6.42 Å². The van der Waals surface area contributed by atoms with E-state index in [1.807, 2.05) is 35.2 Å². The summed E-state index contributed by atoms with van der Waals surface area (Å²) in [5, 5.41) is 0. The molecule has 1 aromatic heterocycles. The number of carbonyl (C=O) groups excluding carboxylic acids is 1. The van der Waals surface area contributed by atoms with E-state index in [0.717, 1.165) is 42.9 Å². The first-order chi connectivity index (χ1) is 12.3. The lowest BCUT2D eigenvalue weighted by atomic mass is 9.94. The van der Waals surface area contributed by atoms with Crippen LogP contribution < -0.4 is 10.5 Å². The SMILES string of the molecule is NCCOc1cccc(CC(=O)N2CCC[C@@H](c3ccncn3)C2)c1. The molecule has 1 fully saturated rings. The van der Waals surface area contributed by atoms with Crippen LogP contribution in [0.25, 0.3) is 0 Å². The normalized spacial score (nSPS) is 17.3. The van der Waals surface area contributed by atoms with Gasteiger partial charge in [-0.3, -0.25) is 4.79 Å². The number of aromatic nitrogens is 2. The second-order valence-corrected chi connectivity index (χ2v) is 6.27. The van der Waals surface area contributed by atoms with Gasteiger partial charge in [-0.15, -0.1) is 0 Å². The number of nitrogens with two attached hydrogens (primary N) is 1. The number of likely N-dealkylation sites (tertiary alicyclic amines) is 1. The molecule has 25 heavy (non-hydrogen) atoms. The molecule has 0 bridgehead atoms. The molecule has 0 radical (unpaired) electrons. The predicted octanol–water partition coefficient (Wildman–Crippen LogP) is 1.76. The van der Waals surface area contributed by atoms with Crippen molar-refractivity contribution in [3.8, 4) is 5.75 Å². The Morgan fingerprint density at radius 2 is 2.28 bits per heavy atom. The predicted molar refractivity (Wildman–Crippen MR) is 95.3 cm³/mol. The Morgan fingerprint density at radius 1 is 1.36 bits per heavy atom. The number of hydrogen-bond donors (Lipinski definition) is 1. The minimum Gasteiger partial charge on any atom is -0.492 e. The van der Waals surface area contributed by atoms with E-state index >= 15 is 0 Å². The molecule has 3 rings (SSSR count). The van der Waals surface area contributed by atoms with Crippen molar-refractivity contribution < 1.29 is 9.53 Å². The summed E-state index contributed by atoms with van der Waals surface area (Å²) in [6.07, 6.45) is 5.78. The number of carbonyl (C=O) groups is 1. The standard InChI is InChI=1S/C19H24N4O2/c20-7-10-25-17-5-1-3-15(11-17)12-19(24)23-9-2-4-16(13-23)18-6-8-21-14-22-18/h1,3,5-6,8,11,14,16H,2,4,7,9-10,12-13,20H2/t16-/m1/s1. The molecule has 0 aliphatic carbocycles. The van der Waals surface area contributed by atoms with Gasteiger partial charge in [0, 0.05) is 37.4 Å². The summed E-state index contributed by atoms with van der Waals surface area (Å²) in [5.41, 5.74) is 7.44. The highest BCUT2D eigenvalue weighted by Gasteiger charge is 2.25. The summed E-state index contributed by atoms with van der Waals surface area (Å²) in [7, 11) is 0. The quantitative estimate of drug-likeness (QED) is 0.866.